The number of methoxy groups -OCH3 is 2. The van der Waals surface area contributed by atoms with Crippen molar-refractivity contribution >= 4 is 17.7 Å². The Morgan fingerprint density at radius 2 is 2.09 bits per heavy atom. The Balaban J connectivity index is 2.08. The molecule has 1 atom stereocenters. The molecule has 7 nitrogen and oxygen atoms in total. The number of hydrogen-bond acceptors (Lipinski definition) is 6. The highest BCUT2D eigenvalue weighted by molar-refractivity contribution is 8.00. The summed E-state index contributed by atoms with van der Waals surface area (Å²) in [6.45, 7) is 1.59. The average molecular weight is 323 g/mol. The molecule has 0 aliphatic rings. The number of rotatable bonds is 7. The molecule has 1 heterocycles. The standard InChI is InChI=1S/C14H17N3O4S/c1-8(13(18)19)22-14-15-12(16-17-14)7-9-4-5-10(20-2)11(6-9)21-3/h4-6,8H,7H2,1-3H3,(H,18,19)(H,15,16,17). The van der Waals surface area contributed by atoms with Gasteiger partial charge < -0.3 is 14.6 Å². The molecular weight excluding hydrogens is 306 g/mol. The number of nitrogens with zero attached hydrogens (tertiary/aromatic N) is 2. The van der Waals surface area contributed by atoms with Crippen LogP contribution in [0.5, 0.6) is 11.5 Å². The Morgan fingerprint density at radius 3 is 2.73 bits per heavy atom. The molecule has 2 rings (SSSR count). The molecule has 8 heteroatoms. The van der Waals surface area contributed by atoms with Crippen LogP contribution in [0.1, 0.15) is 18.3 Å². The number of carboxylic acids is 1. The third-order valence-corrected chi connectivity index (χ3v) is 3.91. The van der Waals surface area contributed by atoms with Gasteiger partial charge in [-0.15, -0.1) is 5.10 Å². The van der Waals surface area contributed by atoms with E-state index in [0.717, 1.165) is 17.3 Å². The van der Waals surface area contributed by atoms with Gasteiger partial charge in [0.15, 0.2) is 11.5 Å². The second-order valence-electron chi connectivity index (χ2n) is 4.53. The topological polar surface area (TPSA) is 97.3 Å². The summed E-state index contributed by atoms with van der Waals surface area (Å²) < 4.78 is 10.5. The Bertz CT molecular complexity index is 659. The minimum atomic E-state index is -0.892. The molecule has 22 heavy (non-hydrogen) atoms. The van der Waals surface area contributed by atoms with Gasteiger partial charge in [0.1, 0.15) is 11.1 Å². The first-order chi connectivity index (χ1) is 10.5. The van der Waals surface area contributed by atoms with Crippen molar-refractivity contribution in [3.05, 3.63) is 29.6 Å². The highest BCUT2D eigenvalue weighted by atomic mass is 32.2. The van der Waals surface area contributed by atoms with Crippen LogP contribution in [0, 0.1) is 0 Å². The molecule has 118 valence electrons. The molecule has 2 N–H and O–H groups in total. The van der Waals surface area contributed by atoms with E-state index in [1.807, 2.05) is 18.2 Å². The van der Waals surface area contributed by atoms with Gasteiger partial charge in [-0.25, -0.2) is 4.98 Å². The number of carboxylic acid groups (broad SMARTS) is 1. The monoisotopic (exact) mass is 323 g/mol. The minimum absolute atomic E-state index is 0.422. The quantitative estimate of drug-likeness (QED) is 0.752. The molecule has 1 aromatic heterocycles. The minimum Gasteiger partial charge on any atom is -0.493 e. The SMILES string of the molecule is COc1ccc(Cc2nc(SC(C)C(=O)O)n[nH]2)cc1OC. The van der Waals surface area contributed by atoms with Crippen molar-refractivity contribution in [1.29, 1.82) is 0 Å². The van der Waals surface area contributed by atoms with Crippen molar-refractivity contribution < 1.29 is 19.4 Å². The molecule has 0 aliphatic heterocycles. The normalized spacial score (nSPS) is 12.0. The molecular formula is C14H17N3O4S. The lowest BCUT2D eigenvalue weighted by molar-refractivity contribution is -0.136. The van der Waals surface area contributed by atoms with Gasteiger partial charge in [-0.3, -0.25) is 9.89 Å². The highest BCUT2D eigenvalue weighted by Gasteiger charge is 2.16. The number of aromatic nitrogens is 3. The van der Waals surface area contributed by atoms with E-state index in [2.05, 4.69) is 15.2 Å². The van der Waals surface area contributed by atoms with Crippen LogP contribution in [0.25, 0.3) is 0 Å². The molecule has 1 unspecified atom stereocenters. The average Bonchev–Trinajstić information content (AvgIpc) is 2.94. The molecule has 0 bridgehead atoms. The zero-order chi connectivity index (χ0) is 16.1. The number of nitrogens with one attached hydrogen (secondary N) is 1. The molecule has 0 amide bonds. The van der Waals surface area contributed by atoms with Crippen LogP contribution in [0.3, 0.4) is 0 Å². The summed E-state index contributed by atoms with van der Waals surface area (Å²) in [5.74, 6) is 1.08. The maximum atomic E-state index is 10.8. The van der Waals surface area contributed by atoms with Crippen molar-refractivity contribution in [2.24, 2.45) is 0 Å². The van der Waals surface area contributed by atoms with Gasteiger partial charge in [-0.1, -0.05) is 17.8 Å². The van der Waals surface area contributed by atoms with Gasteiger partial charge in [0.25, 0.3) is 0 Å². The van der Waals surface area contributed by atoms with Gasteiger partial charge in [0.05, 0.1) is 14.2 Å². The van der Waals surface area contributed by atoms with Crippen molar-refractivity contribution in [1.82, 2.24) is 15.2 Å². The summed E-state index contributed by atoms with van der Waals surface area (Å²) in [4.78, 5) is 15.1. The van der Waals surface area contributed by atoms with Gasteiger partial charge in [-0.05, 0) is 24.6 Å². The molecule has 0 aliphatic carbocycles. The molecule has 0 saturated carbocycles. The lowest BCUT2D eigenvalue weighted by Gasteiger charge is -2.08. The summed E-state index contributed by atoms with van der Waals surface area (Å²) in [5.41, 5.74) is 0.983. The summed E-state index contributed by atoms with van der Waals surface area (Å²) in [6.07, 6.45) is 0.537. The highest BCUT2D eigenvalue weighted by Crippen LogP contribution is 2.28. The number of carbonyl (C=O) groups is 1. The predicted octanol–water partition coefficient (Wildman–Crippen LogP) is 1.98. The fourth-order valence-corrected chi connectivity index (χ4v) is 2.48. The number of aromatic amines is 1. The van der Waals surface area contributed by atoms with E-state index in [4.69, 9.17) is 14.6 Å². The summed E-state index contributed by atoms with van der Waals surface area (Å²) in [7, 11) is 3.17. The third-order valence-electron chi connectivity index (χ3n) is 2.96. The molecule has 0 spiro atoms. The van der Waals surface area contributed by atoms with Crippen LogP contribution >= 0.6 is 11.8 Å². The fraction of sp³-hybridized carbons (Fsp3) is 0.357. The van der Waals surface area contributed by atoms with E-state index in [9.17, 15) is 4.79 Å². The molecule has 0 saturated heterocycles. The maximum Gasteiger partial charge on any atom is 0.316 e. The zero-order valence-corrected chi connectivity index (χ0v) is 13.3. The smallest absolute Gasteiger partial charge is 0.316 e. The van der Waals surface area contributed by atoms with Crippen molar-refractivity contribution in [3.8, 4) is 11.5 Å². The van der Waals surface area contributed by atoms with E-state index in [1.54, 1.807) is 21.1 Å². The molecule has 2 aromatic rings. The van der Waals surface area contributed by atoms with E-state index < -0.39 is 11.2 Å². The summed E-state index contributed by atoms with van der Waals surface area (Å²) >= 11 is 1.10. The largest absolute Gasteiger partial charge is 0.493 e. The second-order valence-corrected chi connectivity index (χ2v) is 5.84. The van der Waals surface area contributed by atoms with Gasteiger partial charge >= 0.3 is 5.97 Å². The van der Waals surface area contributed by atoms with Gasteiger partial charge in [0.2, 0.25) is 5.16 Å². The van der Waals surface area contributed by atoms with E-state index in [0.29, 0.717) is 28.9 Å². The van der Waals surface area contributed by atoms with E-state index in [-0.39, 0.29) is 0 Å². The maximum absolute atomic E-state index is 10.8. The first-order valence-corrected chi connectivity index (χ1v) is 7.43. The number of ether oxygens (including phenoxy) is 2. The van der Waals surface area contributed by atoms with Gasteiger partial charge in [-0.2, -0.15) is 0 Å². The Morgan fingerprint density at radius 1 is 1.36 bits per heavy atom. The molecule has 1 aromatic carbocycles. The van der Waals surface area contributed by atoms with Crippen molar-refractivity contribution in [2.45, 2.75) is 23.8 Å². The first kappa shape index (κ1) is 16.2. The predicted molar refractivity (Wildman–Crippen MR) is 81.7 cm³/mol. The molecule has 0 fully saturated rings. The number of aliphatic carboxylic acids is 1. The van der Waals surface area contributed by atoms with Crippen molar-refractivity contribution in [3.63, 3.8) is 0 Å². The fourth-order valence-electron chi connectivity index (χ4n) is 1.80. The third kappa shape index (κ3) is 3.91. The van der Waals surface area contributed by atoms with Crippen LogP contribution in [0.4, 0.5) is 0 Å². The van der Waals surface area contributed by atoms with E-state index in [1.165, 1.54) is 0 Å². The van der Waals surface area contributed by atoms with Crippen LogP contribution in [-0.2, 0) is 11.2 Å². The zero-order valence-electron chi connectivity index (χ0n) is 12.5. The second kappa shape index (κ2) is 7.17. The lowest BCUT2D eigenvalue weighted by atomic mass is 10.1. The number of hydrogen-bond donors (Lipinski definition) is 2. The number of thioether (sulfide) groups is 1. The first-order valence-electron chi connectivity index (χ1n) is 6.55. The number of H-pyrrole nitrogens is 1. The summed E-state index contributed by atoms with van der Waals surface area (Å²) in [6, 6.07) is 5.61. The Hall–Kier alpha value is -2.22. The summed E-state index contributed by atoms with van der Waals surface area (Å²) in [5, 5.41) is 15.5. The van der Waals surface area contributed by atoms with Crippen LogP contribution in [0.2, 0.25) is 0 Å². The van der Waals surface area contributed by atoms with Crippen LogP contribution < -0.4 is 9.47 Å². The van der Waals surface area contributed by atoms with Gasteiger partial charge in [0, 0.05) is 6.42 Å². The van der Waals surface area contributed by atoms with Crippen molar-refractivity contribution in [2.75, 3.05) is 14.2 Å². The molecule has 0 radical (unpaired) electrons. The van der Waals surface area contributed by atoms with Crippen LogP contribution in [0.15, 0.2) is 23.4 Å². The Labute approximate surface area is 132 Å². The van der Waals surface area contributed by atoms with Crippen LogP contribution in [-0.4, -0.2) is 45.7 Å². The lowest BCUT2D eigenvalue weighted by Crippen LogP contribution is -2.11. The number of benzene rings is 1. The van der Waals surface area contributed by atoms with E-state index >= 15 is 0 Å². The Kier molecular flexibility index (Phi) is 5.26.